The van der Waals surface area contributed by atoms with E-state index in [0.29, 0.717) is 0 Å². The smallest absolute Gasteiger partial charge is 0.407 e. The number of ether oxygens (including phenoxy) is 1. The Kier molecular flexibility index (Phi) is 9.24. The molecule has 0 aromatic carbocycles. The Bertz CT molecular complexity index is 972. The first-order chi connectivity index (χ1) is 12.9. The SMILES string of the molecule is CC(C)(C)OC(=O)N[C@@H](CCC(S(=O)(=O)O)S(=O)(=O)O)CC(S(=O)(=O)O)S(=O)(=O)O. The predicted molar refractivity (Wildman–Crippen MR) is 101 cm³/mol. The fraction of sp³-hybridized carbons (Fsp3) is 0.909. The van der Waals surface area contributed by atoms with Crippen molar-refractivity contribution < 1.29 is 61.4 Å². The Hall–Kier alpha value is -1.09. The highest BCUT2D eigenvalue weighted by Gasteiger charge is 2.40. The van der Waals surface area contributed by atoms with Crippen molar-refractivity contribution in [1.29, 1.82) is 0 Å². The van der Waals surface area contributed by atoms with Crippen LogP contribution in [0.1, 0.15) is 40.0 Å². The molecule has 30 heavy (non-hydrogen) atoms. The van der Waals surface area contributed by atoms with Crippen molar-refractivity contribution in [2.24, 2.45) is 0 Å². The average Bonchev–Trinajstić information content (AvgIpc) is 2.36. The minimum absolute atomic E-state index is 0.856. The van der Waals surface area contributed by atoms with E-state index in [1.807, 2.05) is 5.32 Å². The number of carbonyl (C=O) groups is 1. The molecule has 0 fully saturated rings. The third-order valence-corrected chi connectivity index (χ3v) is 9.71. The van der Waals surface area contributed by atoms with Gasteiger partial charge in [-0.1, -0.05) is 0 Å². The monoisotopic (exact) mass is 521 g/mol. The lowest BCUT2D eigenvalue weighted by Crippen LogP contribution is -2.44. The standard InChI is InChI=1S/C11H23NO14S4/c1-11(2,3)26-10(13)12-7(6-9(29(20,21)22)30(23,24)25)4-5-8(27(14,15)16)28(17,18)19/h7-9H,4-6H2,1-3H3,(H,12,13)(H,14,15,16)(H,17,18,19)(H,20,21,22)(H,23,24,25)/t7-/m0/s1. The number of carbonyl (C=O) groups excluding carboxylic acids is 1. The Morgan fingerprint density at radius 1 is 0.767 bits per heavy atom. The Morgan fingerprint density at radius 3 is 1.43 bits per heavy atom. The number of hydrogen-bond acceptors (Lipinski definition) is 10. The van der Waals surface area contributed by atoms with Gasteiger partial charge in [0.05, 0.1) is 0 Å². The maximum absolute atomic E-state index is 11.9. The van der Waals surface area contributed by atoms with Crippen LogP contribution in [0, 0.1) is 0 Å². The molecule has 0 unspecified atom stereocenters. The summed E-state index contributed by atoms with van der Waals surface area (Å²) >= 11 is 0. The van der Waals surface area contributed by atoms with Crippen LogP contribution in [0.25, 0.3) is 0 Å². The molecular weight excluding hydrogens is 498 g/mol. The minimum atomic E-state index is -5.45. The van der Waals surface area contributed by atoms with Gasteiger partial charge in [-0.2, -0.15) is 33.7 Å². The van der Waals surface area contributed by atoms with Gasteiger partial charge < -0.3 is 10.1 Å². The third-order valence-electron chi connectivity index (χ3n) is 3.28. The average molecular weight is 522 g/mol. The fourth-order valence-corrected chi connectivity index (χ4v) is 6.42. The first kappa shape index (κ1) is 28.9. The zero-order chi connectivity index (χ0) is 24.3. The van der Waals surface area contributed by atoms with Crippen LogP contribution in [0.5, 0.6) is 0 Å². The molecule has 0 aromatic heterocycles. The molecule has 0 heterocycles. The van der Waals surface area contributed by atoms with Crippen molar-refractivity contribution in [3.05, 3.63) is 0 Å². The van der Waals surface area contributed by atoms with Gasteiger partial charge in [0.15, 0.2) is 0 Å². The fourth-order valence-electron chi connectivity index (χ4n) is 2.14. The van der Waals surface area contributed by atoms with Gasteiger partial charge in [-0.05, 0) is 33.6 Å². The van der Waals surface area contributed by atoms with Gasteiger partial charge in [0.2, 0.25) is 9.16 Å². The van der Waals surface area contributed by atoms with Crippen LogP contribution in [0.15, 0.2) is 0 Å². The Morgan fingerprint density at radius 2 is 1.13 bits per heavy atom. The summed E-state index contributed by atoms with van der Waals surface area (Å²) in [6.07, 6.45) is -4.53. The van der Waals surface area contributed by atoms with E-state index in [2.05, 4.69) is 0 Å². The molecular formula is C11H23NO14S4. The van der Waals surface area contributed by atoms with Crippen LogP contribution in [0.3, 0.4) is 0 Å². The van der Waals surface area contributed by atoms with Crippen molar-refractivity contribution in [2.45, 2.75) is 60.8 Å². The molecule has 0 rings (SSSR count). The van der Waals surface area contributed by atoms with Gasteiger partial charge in [0, 0.05) is 12.5 Å². The summed E-state index contributed by atoms with van der Waals surface area (Å²) in [5.74, 6) is 0. The largest absolute Gasteiger partial charge is 0.444 e. The summed E-state index contributed by atoms with van der Waals surface area (Å²) < 4.78 is 125. The highest BCUT2D eigenvalue weighted by atomic mass is 32.3. The summed E-state index contributed by atoms with van der Waals surface area (Å²) in [6, 6.07) is -1.72. The summed E-state index contributed by atoms with van der Waals surface area (Å²) in [5.41, 5.74) is -1.09. The van der Waals surface area contributed by atoms with Crippen LogP contribution in [0.4, 0.5) is 4.79 Å². The molecule has 0 aliphatic rings. The molecule has 19 heteroatoms. The second kappa shape index (κ2) is 9.59. The van der Waals surface area contributed by atoms with Gasteiger partial charge in [-0.15, -0.1) is 0 Å². The van der Waals surface area contributed by atoms with E-state index < -0.39 is 86.6 Å². The normalized spacial score (nSPS) is 15.2. The van der Waals surface area contributed by atoms with Crippen molar-refractivity contribution in [2.75, 3.05) is 0 Å². The maximum Gasteiger partial charge on any atom is 0.407 e. The molecule has 0 aliphatic carbocycles. The lowest BCUT2D eigenvalue weighted by molar-refractivity contribution is 0.0499. The van der Waals surface area contributed by atoms with E-state index in [4.69, 9.17) is 22.9 Å². The van der Waals surface area contributed by atoms with E-state index in [0.717, 1.165) is 0 Å². The second-order valence-electron chi connectivity index (χ2n) is 7.08. The molecule has 0 spiro atoms. The van der Waals surface area contributed by atoms with Gasteiger partial charge >= 0.3 is 6.09 Å². The van der Waals surface area contributed by atoms with Crippen molar-refractivity contribution in [1.82, 2.24) is 5.32 Å². The topological polar surface area (TPSA) is 256 Å². The Labute approximate surface area is 174 Å². The van der Waals surface area contributed by atoms with E-state index in [1.165, 1.54) is 20.8 Å². The lowest BCUT2D eigenvalue weighted by Gasteiger charge is -2.25. The van der Waals surface area contributed by atoms with Gasteiger partial charge in [-0.25, -0.2) is 4.79 Å². The molecule has 0 bridgehead atoms. The molecule has 15 nitrogen and oxygen atoms in total. The molecule has 0 aromatic rings. The predicted octanol–water partition coefficient (Wildman–Crippen LogP) is -0.747. The van der Waals surface area contributed by atoms with Crippen LogP contribution in [-0.4, -0.2) is 78.8 Å². The van der Waals surface area contributed by atoms with Gasteiger partial charge in [-0.3, -0.25) is 18.2 Å². The number of amides is 1. The molecule has 1 amide bonds. The minimum Gasteiger partial charge on any atom is -0.444 e. The van der Waals surface area contributed by atoms with E-state index in [1.54, 1.807) is 0 Å². The molecule has 0 saturated heterocycles. The molecule has 180 valence electrons. The molecule has 1 atom stereocenters. The number of rotatable bonds is 10. The second-order valence-corrected chi connectivity index (χ2v) is 14.1. The first-order valence-corrected chi connectivity index (χ1v) is 13.8. The number of alkyl carbamates (subject to hydrolysis) is 1. The van der Waals surface area contributed by atoms with Crippen LogP contribution < -0.4 is 5.32 Å². The van der Waals surface area contributed by atoms with Crippen LogP contribution >= 0.6 is 0 Å². The quantitative estimate of drug-likeness (QED) is 0.222. The van der Waals surface area contributed by atoms with Crippen molar-refractivity contribution in [3.63, 3.8) is 0 Å². The number of nitrogens with one attached hydrogen (secondary N) is 1. The Balaban J connectivity index is 5.92. The zero-order valence-electron chi connectivity index (χ0n) is 15.9. The molecule has 5 N–H and O–H groups in total. The van der Waals surface area contributed by atoms with E-state index in [-0.39, 0.29) is 0 Å². The molecule has 0 radical (unpaired) electrons. The molecule has 0 saturated carbocycles. The zero-order valence-corrected chi connectivity index (χ0v) is 19.1. The summed E-state index contributed by atoms with van der Waals surface area (Å²) in [7, 11) is -21.7. The van der Waals surface area contributed by atoms with E-state index in [9.17, 15) is 38.5 Å². The molecule has 0 aliphatic heterocycles. The van der Waals surface area contributed by atoms with Crippen molar-refractivity contribution in [3.8, 4) is 0 Å². The summed E-state index contributed by atoms with van der Waals surface area (Å²) in [6.45, 7) is 4.27. The highest BCUT2D eigenvalue weighted by molar-refractivity contribution is 8.04. The van der Waals surface area contributed by atoms with Gasteiger partial charge in [0.25, 0.3) is 40.5 Å². The first-order valence-electron chi connectivity index (χ1n) is 7.79. The van der Waals surface area contributed by atoms with Crippen LogP contribution in [0.2, 0.25) is 0 Å². The number of hydrogen-bond donors (Lipinski definition) is 5. The lowest BCUT2D eigenvalue weighted by atomic mass is 10.1. The van der Waals surface area contributed by atoms with Crippen LogP contribution in [-0.2, 0) is 45.2 Å². The third kappa shape index (κ3) is 10.8. The summed E-state index contributed by atoms with van der Waals surface area (Å²) in [5, 5.41) is 1.94. The highest BCUT2D eigenvalue weighted by Crippen LogP contribution is 2.21. The van der Waals surface area contributed by atoms with Gasteiger partial charge in [0.1, 0.15) is 5.60 Å². The summed E-state index contributed by atoms with van der Waals surface area (Å²) in [4.78, 5) is 11.9. The van der Waals surface area contributed by atoms with Crippen molar-refractivity contribution >= 4 is 46.6 Å². The van der Waals surface area contributed by atoms with E-state index >= 15 is 0 Å². The maximum atomic E-state index is 11.9.